The number of rotatable bonds is 3. The predicted octanol–water partition coefficient (Wildman–Crippen LogP) is 2.90. The molecule has 0 aliphatic heterocycles. The maximum Gasteiger partial charge on any atom is 0.109 e. The Hall–Kier alpha value is -0.830. The third kappa shape index (κ3) is 2.86. The van der Waals surface area contributed by atoms with Gasteiger partial charge in [-0.2, -0.15) is 0 Å². The van der Waals surface area contributed by atoms with Gasteiger partial charge in [-0.3, -0.25) is 0 Å². The minimum atomic E-state index is 0.295. The van der Waals surface area contributed by atoms with E-state index in [1.165, 1.54) is 44.9 Å². The van der Waals surface area contributed by atoms with Crippen LogP contribution in [0.1, 0.15) is 50.8 Å². The minimum Gasteiger partial charge on any atom is -0.338 e. The molecule has 2 N–H and O–H groups in total. The zero-order valence-corrected chi connectivity index (χ0v) is 12.1. The Balaban J connectivity index is 1.58. The highest BCUT2D eigenvalue weighted by Crippen LogP contribution is 2.43. The van der Waals surface area contributed by atoms with Crippen LogP contribution in [0.2, 0.25) is 0 Å². The van der Waals surface area contributed by atoms with Crippen molar-refractivity contribution < 1.29 is 0 Å². The molecule has 4 atom stereocenters. The van der Waals surface area contributed by atoms with Crippen LogP contribution in [-0.2, 0) is 13.5 Å². The zero-order valence-electron chi connectivity index (χ0n) is 12.1. The molecule has 4 unspecified atom stereocenters. The van der Waals surface area contributed by atoms with Gasteiger partial charge < -0.3 is 10.3 Å². The van der Waals surface area contributed by atoms with Crippen molar-refractivity contribution in [1.82, 2.24) is 9.55 Å². The lowest BCUT2D eigenvalue weighted by Crippen LogP contribution is -2.39. The van der Waals surface area contributed by atoms with Gasteiger partial charge >= 0.3 is 0 Å². The Morgan fingerprint density at radius 3 is 2.79 bits per heavy atom. The van der Waals surface area contributed by atoms with Gasteiger partial charge in [0.05, 0.1) is 0 Å². The van der Waals surface area contributed by atoms with Gasteiger partial charge in [0.25, 0.3) is 0 Å². The molecule has 1 aromatic rings. The highest BCUT2D eigenvalue weighted by Gasteiger charge is 2.34. The van der Waals surface area contributed by atoms with Crippen molar-refractivity contribution in [2.45, 2.75) is 57.4 Å². The number of fused-ring (bicyclic) bond motifs is 1. The van der Waals surface area contributed by atoms with Crippen molar-refractivity contribution in [2.24, 2.45) is 30.5 Å². The van der Waals surface area contributed by atoms with Crippen LogP contribution in [0.3, 0.4) is 0 Å². The quantitative estimate of drug-likeness (QED) is 0.909. The van der Waals surface area contributed by atoms with E-state index >= 15 is 0 Å². The second-order valence-corrected chi connectivity index (χ2v) is 6.70. The summed E-state index contributed by atoms with van der Waals surface area (Å²) in [7, 11) is 2.06. The molecule has 3 rings (SSSR count). The lowest BCUT2D eigenvalue weighted by atomic mass is 9.66. The molecule has 2 fully saturated rings. The molecule has 0 bridgehead atoms. The molecule has 2 aliphatic carbocycles. The van der Waals surface area contributed by atoms with E-state index in [0.29, 0.717) is 6.04 Å². The Morgan fingerprint density at radius 1 is 1.26 bits per heavy atom. The first-order valence-electron chi connectivity index (χ1n) is 7.96. The summed E-state index contributed by atoms with van der Waals surface area (Å²) in [5.74, 6) is 3.85. The van der Waals surface area contributed by atoms with Crippen LogP contribution >= 0.6 is 0 Å². The standard InChI is InChI=1S/C16H27N3/c1-19-9-8-18-16(19)11-15(17)14-7-6-12-4-2-3-5-13(12)10-14/h8-9,12-15H,2-7,10-11,17H2,1H3. The molecule has 0 radical (unpaired) electrons. The molecule has 1 heterocycles. The van der Waals surface area contributed by atoms with Crippen molar-refractivity contribution >= 4 is 0 Å². The van der Waals surface area contributed by atoms with Gasteiger partial charge in [-0.1, -0.05) is 25.7 Å². The summed E-state index contributed by atoms with van der Waals surface area (Å²) in [5, 5.41) is 0. The summed E-state index contributed by atoms with van der Waals surface area (Å²) < 4.78 is 2.10. The lowest BCUT2D eigenvalue weighted by Gasteiger charge is -2.41. The zero-order chi connectivity index (χ0) is 13.2. The van der Waals surface area contributed by atoms with E-state index in [2.05, 4.69) is 16.6 Å². The van der Waals surface area contributed by atoms with Gasteiger partial charge in [0, 0.05) is 31.9 Å². The van der Waals surface area contributed by atoms with E-state index < -0.39 is 0 Å². The monoisotopic (exact) mass is 261 g/mol. The Kier molecular flexibility index (Phi) is 3.92. The molecule has 3 nitrogen and oxygen atoms in total. The smallest absolute Gasteiger partial charge is 0.109 e. The molecular formula is C16H27N3. The summed E-state index contributed by atoms with van der Waals surface area (Å²) in [6.45, 7) is 0. The van der Waals surface area contributed by atoms with Crippen molar-refractivity contribution in [3.05, 3.63) is 18.2 Å². The average molecular weight is 261 g/mol. The molecule has 0 saturated heterocycles. The van der Waals surface area contributed by atoms with E-state index in [1.54, 1.807) is 0 Å². The highest BCUT2D eigenvalue weighted by atomic mass is 15.0. The SMILES string of the molecule is Cn1ccnc1CC(N)C1CCC2CCCCC2C1. The second kappa shape index (κ2) is 5.66. The first kappa shape index (κ1) is 13.2. The fourth-order valence-corrected chi connectivity index (χ4v) is 4.27. The highest BCUT2D eigenvalue weighted by molar-refractivity contribution is 4.97. The molecule has 1 aromatic heterocycles. The fourth-order valence-electron chi connectivity index (χ4n) is 4.27. The molecule has 0 aromatic carbocycles. The number of aryl methyl sites for hydroxylation is 1. The summed E-state index contributed by atoms with van der Waals surface area (Å²) in [5.41, 5.74) is 6.48. The number of nitrogens with zero attached hydrogens (tertiary/aromatic N) is 2. The molecule has 0 amide bonds. The number of imidazole rings is 1. The maximum absolute atomic E-state index is 6.48. The average Bonchev–Trinajstić information content (AvgIpc) is 2.84. The molecular weight excluding hydrogens is 234 g/mol. The van der Waals surface area contributed by atoms with Crippen LogP contribution in [0.4, 0.5) is 0 Å². The van der Waals surface area contributed by atoms with Gasteiger partial charge in [-0.05, 0) is 37.0 Å². The number of aromatic nitrogens is 2. The summed E-state index contributed by atoms with van der Waals surface area (Å²) in [6.07, 6.45) is 14.8. The van der Waals surface area contributed by atoms with Crippen molar-refractivity contribution in [2.75, 3.05) is 0 Å². The van der Waals surface area contributed by atoms with Crippen LogP contribution in [0.15, 0.2) is 12.4 Å². The Morgan fingerprint density at radius 2 is 2.05 bits per heavy atom. The van der Waals surface area contributed by atoms with Gasteiger partial charge in [0.2, 0.25) is 0 Å². The predicted molar refractivity (Wildman–Crippen MR) is 77.7 cm³/mol. The second-order valence-electron chi connectivity index (χ2n) is 6.70. The molecule has 106 valence electrons. The third-order valence-corrected chi connectivity index (χ3v) is 5.52. The van der Waals surface area contributed by atoms with Gasteiger partial charge in [-0.25, -0.2) is 4.98 Å². The topological polar surface area (TPSA) is 43.8 Å². The molecule has 3 heteroatoms. The van der Waals surface area contributed by atoms with Crippen molar-refractivity contribution in [3.8, 4) is 0 Å². The number of hydrogen-bond acceptors (Lipinski definition) is 2. The van der Waals surface area contributed by atoms with Crippen LogP contribution in [0, 0.1) is 17.8 Å². The molecule has 2 saturated carbocycles. The third-order valence-electron chi connectivity index (χ3n) is 5.52. The van der Waals surface area contributed by atoms with Crippen molar-refractivity contribution in [1.29, 1.82) is 0 Å². The van der Waals surface area contributed by atoms with Crippen LogP contribution in [-0.4, -0.2) is 15.6 Å². The first-order valence-corrected chi connectivity index (χ1v) is 7.96. The molecule has 0 spiro atoms. The van der Waals surface area contributed by atoms with E-state index in [9.17, 15) is 0 Å². The number of nitrogens with two attached hydrogens (primary N) is 1. The Labute approximate surface area is 116 Å². The Bertz CT molecular complexity index is 412. The van der Waals surface area contributed by atoms with Crippen LogP contribution in [0.5, 0.6) is 0 Å². The van der Waals surface area contributed by atoms with Gasteiger partial charge in [0.1, 0.15) is 5.82 Å². The lowest BCUT2D eigenvalue weighted by molar-refractivity contribution is 0.116. The van der Waals surface area contributed by atoms with Gasteiger partial charge in [0.15, 0.2) is 0 Å². The molecule has 19 heavy (non-hydrogen) atoms. The number of hydrogen-bond donors (Lipinski definition) is 1. The summed E-state index contributed by atoms with van der Waals surface area (Å²) >= 11 is 0. The van der Waals surface area contributed by atoms with Gasteiger partial charge in [-0.15, -0.1) is 0 Å². The van der Waals surface area contributed by atoms with E-state index in [0.717, 1.165) is 30.0 Å². The largest absolute Gasteiger partial charge is 0.338 e. The summed E-state index contributed by atoms with van der Waals surface area (Å²) in [4.78, 5) is 4.42. The first-order chi connectivity index (χ1) is 9.24. The normalized spacial score (nSPS) is 32.8. The minimum absolute atomic E-state index is 0.295. The van der Waals surface area contributed by atoms with Crippen LogP contribution < -0.4 is 5.73 Å². The van der Waals surface area contributed by atoms with E-state index in [4.69, 9.17) is 5.73 Å². The fraction of sp³-hybridized carbons (Fsp3) is 0.812. The van der Waals surface area contributed by atoms with Crippen LogP contribution in [0.25, 0.3) is 0 Å². The van der Waals surface area contributed by atoms with Crippen molar-refractivity contribution in [3.63, 3.8) is 0 Å². The summed E-state index contributed by atoms with van der Waals surface area (Å²) in [6, 6.07) is 0.295. The van der Waals surface area contributed by atoms with E-state index in [-0.39, 0.29) is 0 Å². The van der Waals surface area contributed by atoms with E-state index in [1.807, 2.05) is 12.4 Å². The molecule has 2 aliphatic rings. The maximum atomic E-state index is 6.48.